The molecule has 1 saturated heterocycles. The van der Waals surface area contributed by atoms with Crippen LogP contribution in [-0.4, -0.2) is 45.0 Å². The fourth-order valence-electron chi connectivity index (χ4n) is 3.47. The van der Waals surface area contributed by atoms with Gasteiger partial charge in [-0.3, -0.25) is 9.20 Å². The third-order valence-corrected chi connectivity index (χ3v) is 5.84. The van der Waals surface area contributed by atoms with Crippen LogP contribution in [0, 0.1) is 5.92 Å². The highest BCUT2D eigenvalue weighted by atomic mass is 32.1. The van der Waals surface area contributed by atoms with E-state index in [1.54, 1.807) is 20.9 Å². The van der Waals surface area contributed by atoms with Gasteiger partial charge in [0.1, 0.15) is 5.69 Å². The number of piperidine rings is 1. The molecule has 4 rings (SSSR count). The van der Waals surface area contributed by atoms with Gasteiger partial charge >= 0.3 is 6.18 Å². The number of carbonyl (C=O) groups is 1. The lowest BCUT2D eigenvalue weighted by molar-refractivity contribution is -0.137. The zero-order valence-electron chi connectivity index (χ0n) is 14.8. The summed E-state index contributed by atoms with van der Waals surface area (Å²) in [5.74, 6) is -0.0295. The van der Waals surface area contributed by atoms with E-state index in [4.69, 9.17) is 0 Å². The van der Waals surface area contributed by atoms with Gasteiger partial charge in [0, 0.05) is 36.8 Å². The molecule has 0 aliphatic carbocycles. The van der Waals surface area contributed by atoms with Gasteiger partial charge in [-0.2, -0.15) is 13.2 Å². The molecule has 1 amide bonds. The van der Waals surface area contributed by atoms with Gasteiger partial charge < -0.3 is 10.0 Å². The molecular formula is C19H18F3N3O2S. The summed E-state index contributed by atoms with van der Waals surface area (Å²) in [6, 6.07) is 4.82. The number of hydrogen-bond donors (Lipinski definition) is 1. The summed E-state index contributed by atoms with van der Waals surface area (Å²) in [5, 5.41) is 11.1. The third-order valence-electron chi connectivity index (χ3n) is 5.00. The quantitative estimate of drug-likeness (QED) is 0.713. The van der Waals surface area contributed by atoms with Gasteiger partial charge in [-0.25, -0.2) is 4.98 Å². The molecule has 5 nitrogen and oxygen atoms in total. The van der Waals surface area contributed by atoms with E-state index in [9.17, 15) is 23.1 Å². The molecule has 9 heteroatoms. The van der Waals surface area contributed by atoms with E-state index in [2.05, 4.69) is 4.98 Å². The lowest BCUT2D eigenvalue weighted by atomic mass is 9.99. The Labute approximate surface area is 163 Å². The Morgan fingerprint density at radius 2 is 2.04 bits per heavy atom. The number of benzene rings is 1. The molecule has 3 heterocycles. The predicted molar refractivity (Wildman–Crippen MR) is 99.2 cm³/mol. The van der Waals surface area contributed by atoms with Crippen LogP contribution < -0.4 is 0 Å². The van der Waals surface area contributed by atoms with Crippen molar-refractivity contribution in [2.75, 3.05) is 19.7 Å². The van der Waals surface area contributed by atoms with Crippen LogP contribution in [0.25, 0.3) is 16.2 Å². The Hall–Kier alpha value is -2.39. The summed E-state index contributed by atoms with van der Waals surface area (Å²) in [7, 11) is 0. The number of aromatic nitrogens is 2. The molecule has 1 N–H and O–H groups in total. The summed E-state index contributed by atoms with van der Waals surface area (Å²) >= 11 is 1.31. The number of amides is 1. The third kappa shape index (κ3) is 3.51. The van der Waals surface area contributed by atoms with Crippen molar-refractivity contribution in [3.8, 4) is 11.3 Å². The summed E-state index contributed by atoms with van der Waals surface area (Å²) < 4.78 is 39.9. The Balaban J connectivity index is 1.61. The highest BCUT2D eigenvalue weighted by Gasteiger charge is 2.30. The fraction of sp³-hybridized carbons (Fsp3) is 0.368. The largest absolute Gasteiger partial charge is 0.416 e. The highest BCUT2D eigenvalue weighted by molar-refractivity contribution is 7.15. The van der Waals surface area contributed by atoms with Crippen LogP contribution in [0.1, 0.15) is 28.9 Å². The molecule has 1 fully saturated rings. The van der Waals surface area contributed by atoms with Crippen LogP contribution in [-0.2, 0) is 6.18 Å². The van der Waals surface area contributed by atoms with Gasteiger partial charge in [-0.15, -0.1) is 11.3 Å². The monoisotopic (exact) mass is 409 g/mol. The average molecular weight is 409 g/mol. The number of hydrogen-bond acceptors (Lipinski definition) is 4. The zero-order chi connectivity index (χ0) is 19.9. The fourth-order valence-corrected chi connectivity index (χ4v) is 4.31. The first-order valence-corrected chi connectivity index (χ1v) is 9.79. The molecule has 0 spiro atoms. The molecule has 1 atom stereocenters. The van der Waals surface area contributed by atoms with E-state index in [0.29, 0.717) is 35.0 Å². The van der Waals surface area contributed by atoms with Crippen LogP contribution in [0.15, 0.2) is 35.8 Å². The minimum Gasteiger partial charge on any atom is -0.396 e. The number of carbonyl (C=O) groups excluding carboxylic acids is 1. The Morgan fingerprint density at radius 1 is 1.29 bits per heavy atom. The zero-order valence-corrected chi connectivity index (χ0v) is 15.6. The molecule has 0 radical (unpaired) electrons. The summed E-state index contributed by atoms with van der Waals surface area (Å²) in [6.45, 7) is 1.23. The predicted octanol–water partition coefficient (Wildman–Crippen LogP) is 3.93. The minimum atomic E-state index is -4.38. The Morgan fingerprint density at radius 3 is 2.71 bits per heavy atom. The second-order valence-electron chi connectivity index (χ2n) is 6.92. The summed E-state index contributed by atoms with van der Waals surface area (Å²) in [5.41, 5.74) is 0.836. The Bertz CT molecular complexity index is 994. The number of imidazole rings is 1. The first-order valence-electron chi connectivity index (χ1n) is 8.91. The SMILES string of the molecule is O=C(c1csc2nc(-c3ccc(C(F)(F)F)cc3)cn12)N1CCCC(CO)C1. The van der Waals surface area contributed by atoms with Crippen molar-refractivity contribution in [1.29, 1.82) is 0 Å². The highest BCUT2D eigenvalue weighted by Crippen LogP contribution is 2.31. The van der Waals surface area contributed by atoms with Gasteiger partial charge in [-0.1, -0.05) is 12.1 Å². The van der Waals surface area contributed by atoms with Crippen LogP contribution in [0.5, 0.6) is 0 Å². The molecular weight excluding hydrogens is 391 g/mol. The molecule has 1 aliphatic rings. The van der Waals surface area contributed by atoms with E-state index in [1.807, 2.05) is 0 Å². The van der Waals surface area contributed by atoms with Crippen LogP contribution in [0.3, 0.4) is 0 Å². The lowest BCUT2D eigenvalue weighted by Gasteiger charge is -2.31. The van der Waals surface area contributed by atoms with Crippen molar-refractivity contribution in [2.45, 2.75) is 19.0 Å². The molecule has 0 bridgehead atoms. The van der Waals surface area contributed by atoms with Crippen LogP contribution in [0.4, 0.5) is 13.2 Å². The summed E-state index contributed by atoms with van der Waals surface area (Å²) in [4.78, 5) is 19.7. The van der Waals surface area contributed by atoms with Gasteiger partial charge in [-0.05, 0) is 30.9 Å². The summed E-state index contributed by atoms with van der Waals surface area (Å²) in [6.07, 6.45) is -0.948. The van der Waals surface area contributed by atoms with Gasteiger partial charge in [0.25, 0.3) is 5.91 Å². The lowest BCUT2D eigenvalue weighted by Crippen LogP contribution is -2.41. The maximum Gasteiger partial charge on any atom is 0.416 e. The Kier molecular flexibility index (Phi) is 4.88. The molecule has 0 saturated carbocycles. The maximum absolute atomic E-state index is 12.9. The number of alkyl halides is 3. The molecule has 2 aromatic heterocycles. The second-order valence-corrected chi connectivity index (χ2v) is 7.75. The number of aliphatic hydroxyl groups excluding tert-OH is 1. The second kappa shape index (κ2) is 7.21. The number of rotatable bonds is 3. The van der Waals surface area contributed by atoms with Gasteiger partial charge in [0.05, 0.1) is 11.3 Å². The van der Waals surface area contributed by atoms with E-state index in [1.165, 1.54) is 23.5 Å². The normalized spacial score (nSPS) is 18.0. The van der Waals surface area contributed by atoms with Crippen molar-refractivity contribution < 1.29 is 23.1 Å². The molecule has 28 heavy (non-hydrogen) atoms. The van der Waals surface area contributed by atoms with Crippen molar-refractivity contribution in [3.63, 3.8) is 0 Å². The van der Waals surface area contributed by atoms with E-state index < -0.39 is 11.7 Å². The van der Waals surface area contributed by atoms with Crippen molar-refractivity contribution in [2.24, 2.45) is 5.92 Å². The van der Waals surface area contributed by atoms with Crippen LogP contribution in [0.2, 0.25) is 0 Å². The number of fused-ring (bicyclic) bond motifs is 1. The molecule has 1 aliphatic heterocycles. The van der Waals surface area contributed by atoms with E-state index in [0.717, 1.165) is 25.0 Å². The smallest absolute Gasteiger partial charge is 0.396 e. The average Bonchev–Trinajstić information content (AvgIpc) is 3.28. The van der Waals surface area contributed by atoms with E-state index >= 15 is 0 Å². The molecule has 3 aromatic rings. The number of aliphatic hydroxyl groups is 1. The topological polar surface area (TPSA) is 57.8 Å². The molecule has 1 aromatic carbocycles. The van der Waals surface area contributed by atoms with Crippen molar-refractivity contribution in [1.82, 2.24) is 14.3 Å². The van der Waals surface area contributed by atoms with Crippen molar-refractivity contribution in [3.05, 3.63) is 47.1 Å². The van der Waals surface area contributed by atoms with Crippen molar-refractivity contribution >= 4 is 22.2 Å². The minimum absolute atomic E-state index is 0.0615. The number of halogens is 3. The maximum atomic E-state index is 12.9. The first kappa shape index (κ1) is 18.9. The standard InChI is InChI=1S/C19H18F3N3O2S/c20-19(21,22)14-5-3-13(4-6-14)15-9-25-16(11-28-18(25)23-15)17(27)24-7-1-2-12(8-24)10-26/h3-6,9,11-12,26H,1-2,7-8,10H2. The molecule has 1 unspecified atom stereocenters. The molecule has 148 valence electrons. The number of nitrogens with zero attached hydrogens (tertiary/aromatic N) is 3. The first-order chi connectivity index (χ1) is 13.4. The van der Waals surface area contributed by atoms with E-state index in [-0.39, 0.29) is 18.4 Å². The van der Waals surface area contributed by atoms with Gasteiger partial charge in [0.2, 0.25) is 0 Å². The number of thiazole rings is 1. The van der Waals surface area contributed by atoms with Gasteiger partial charge in [0.15, 0.2) is 4.96 Å². The number of likely N-dealkylation sites (tertiary alicyclic amines) is 1. The van der Waals surface area contributed by atoms with Crippen LogP contribution >= 0.6 is 11.3 Å².